The first-order chi connectivity index (χ1) is 11.8. The van der Waals surface area contributed by atoms with Crippen LogP contribution in [0.4, 0.5) is 5.13 Å². The molecule has 1 aliphatic heterocycles. The van der Waals surface area contributed by atoms with E-state index in [-0.39, 0.29) is 5.91 Å². The summed E-state index contributed by atoms with van der Waals surface area (Å²) in [6.07, 6.45) is 2.60. The lowest BCUT2D eigenvalue weighted by molar-refractivity contribution is -0.123. The van der Waals surface area contributed by atoms with Crippen molar-refractivity contribution in [2.45, 2.75) is 60.1 Å². The molecule has 0 saturated carbocycles. The Balaban J connectivity index is 1.79. The number of anilines is 1. The van der Waals surface area contributed by atoms with E-state index in [1.165, 1.54) is 22.7 Å². The number of hydrogen-bond donors (Lipinski definition) is 1. The Morgan fingerprint density at radius 3 is 2.84 bits per heavy atom. The molecule has 1 fully saturated rings. The van der Waals surface area contributed by atoms with Gasteiger partial charge in [-0.25, -0.2) is 4.98 Å². The second-order valence-corrected chi connectivity index (χ2v) is 8.63. The highest BCUT2D eigenvalue weighted by Gasteiger charge is 2.23. The molecule has 1 N–H and O–H groups in total. The van der Waals surface area contributed by atoms with Gasteiger partial charge >= 0.3 is 0 Å². The predicted molar refractivity (Wildman–Crippen MR) is 102 cm³/mol. The number of aryl methyl sites for hydroxylation is 1. The zero-order valence-electron chi connectivity index (χ0n) is 15.7. The summed E-state index contributed by atoms with van der Waals surface area (Å²) in [6, 6.07) is 2.18. The molecule has 5 nitrogen and oxygen atoms in total. The summed E-state index contributed by atoms with van der Waals surface area (Å²) in [5.41, 5.74) is 4.04. The van der Waals surface area contributed by atoms with Crippen molar-refractivity contribution < 1.29 is 9.53 Å². The maximum atomic E-state index is 12.1. The molecule has 6 heteroatoms. The molecule has 2 aromatic rings. The Bertz CT molecular complexity index is 764. The molecule has 0 aliphatic carbocycles. The van der Waals surface area contributed by atoms with Crippen molar-refractivity contribution in [2.24, 2.45) is 5.41 Å². The monoisotopic (exact) mass is 361 g/mol. The zero-order chi connectivity index (χ0) is 18.2. The number of ether oxygens (including phenoxy) is 1. The number of amides is 1. The number of thiazole rings is 1. The van der Waals surface area contributed by atoms with Gasteiger partial charge in [0.05, 0.1) is 11.8 Å². The van der Waals surface area contributed by atoms with E-state index in [1.54, 1.807) is 0 Å². The molecule has 1 saturated heterocycles. The molecule has 1 aliphatic rings. The maximum Gasteiger partial charge on any atom is 0.231 e. The van der Waals surface area contributed by atoms with Crippen LogP contribution < -0.4 is 5.32 Å². The van der Waals surface area contributed by atoms with E-state index in [0.717, 1.165) is 37.3 Å². The molecule has 3 rings (SSSR count). The minimum Gasteiger partial charge on any atom is -0.376 e. The minimum atomic E-state index is -0.428. The number of nitrogens with one attached hydrogen (secondary N) is 1. The minimum absolute atomic E-state index is 0.0164. The van der Waals surface area contributed by atoms with Crippen LogP contribution in [-0.2, 0) is 16.1 Å². The van der Waals surface area contributed by atoms with E-state index >= 15 is 0 Å². The SMILES string of the molecule is Cc1cc(-c2csc(NC(=O)C(C)(C)C)n2)c(C)n1CC1CCCO1. The number of aromatic nitrogens is 2. The first-order valence-electron chi connectivity index (χ1n) is 8.81. The van der Waals surface area contributed by atoms with Crippen LogP contribution in [0, 0.1) is 19.3 Å². The van der Waals surface area contributed by atoms with E-state index in [1.807, 2.05) is 26.2 Å². The fourth-order valence-corrected chi connectivity index (χ4v) is 3.78. The van der Waals surface area contributed by atoms with Gasteiger partial charge in [0.2, 0.25) is 5.91 Å². The van der Waals surface area contributed by atoms with E-state index in [0.29, 0.717) is 11.2 Å². The Kier molecular flexibility index (Phi) is 5.02. The fourth-order valence-electron chi connectivity index (χ4n) is 3.07. The average molecular weight is 362 g/mol. The second-order valence-electron chi connectivity index (χ2n) is 7.77. The molecule has 0 aromatic carbocycles. The molecule has 1 atom stereocenters. The molecular formula is C19H27N3O2S. The third-order valence-electron chi connectivity index (χ3n) is 4.67. The van der Waals surface area contributed by atoms with Crippen molar-refractivity contribution in [3.05, 3.63) is 22.8 Å². The molecular weight excluding hydrogens is 334 g/mol. The van der Waals surface area contributed by atoms with E-state index < -0.39 is 5.41 Å². The summed E-state index contributed by atoms with van der Waals surface area (Å²) in [6.45, 7) is 11.7. The van der Waals surface area contributed by atoms with Gasteiger partial charge in [-0.1, -0.05) is 20.8 Å². The highest BCUT2D eigenvalue weighted by atomic mass is 32.1. The van der Waals surface area contributed by atoms with Gasteiger partial charge in [0.15, 0.2) is 5.13 Å². The number of carbonyl (C=O) groups is 1. The second kappa shape index (κ2) is 6.92. The van der Waals surface area contributed by atoms with Crippen molar-refractivity contribution in [3.63, 3.8) is 0 Å². The van der Waals surface area contributed by atoms with Crippen molar-refractivity contribution >= 4 is 22.4 Å². The lowest BCUT2D eigenvalue weighted by Crippen LogP contribution is -2.27. The quantitative estimate of drug-likeness (QED) is 0.878. The van der Waals surface area contributed by atoms with Crippen molar-refractivity contribution in [2.75, 3.05) is 11.9 Å². The summed E-state index contributed by atoms with van der Waals surface area (Å²) < 4.78 is 8.10. The third-order valence-corrected chi connectivity index (χ3v) is 5.42. The van der Waals surface area contributed by atoms with Crippen LogP contribution in [0.2, 0.25) is 0 Å². The first kappa shape index (κ1) is 18.1. The van der Waals surface area contributed by atoms with Gasteiger partial charge in [-0.3, -0.25) is 4.79 Å². The van der Waals surface area contributed by atoms with Crippen LogP contribution >= 0.6 is 11.3 Å². The van der Waals surface area contributed by atoms with Crippen LogP contribution in [0.3, 0.4) is 0 Å². The van der Waals surface area contributed by atoms with Gasteiger partial charge in [-0.15, -0.1) is 11.3 Å². The van der Waals surface area contributed by atoms with Gasteiger partial charge in [-0.2, -0.15) is 0 Å². The van der Waals surface area contributed by atoms with Crippen molar-refractivity contribution in [1.29, 1.82) is 0 Å². The summed E-state index contributed by atoms with van der Waals surface area (Å²) in [5.74, 6) is -0.0164. The standard InChI is InChI=1S/C19H27N3O2S/c1-12-9-15(13(2)22(12)10-14-7-6-8-24-14)16-11-25-18(20-16)21-17(23)19(3,4)5/h9,11,14H,6-8,10H2,1-5H3,(H,20,21,23). The molecule has 0 spiro atoms. The lowest BCUT2D eigenvalue weighted by atomic mass is 9.96. The Labute approximate surface area is 153 Å². The van der Waals surface area contributed by atoms with E-state index in [4.69, 9.17) is 4.74 Å². The van der Waals surface area contributed by atoms with E-state index in [2.05, 4.69) is 34.8 Å². The Morgan fingerprint density at radius 2 is 2.20 bits per heavy atom. The van der Waals surface area contributed by atoms with Crippen LogP contribution in [0.25, 0.3) is 11.3 Å². The largest absolute Gasteiger partial charge is 0.376 e. The molecule has 1 unspecified atom stereocenters. The molecule has 1 amide bonds. The van der Waals surface area contributed by atoms with E-state index in [9.17, 15) is 4.79 Å². The van der Waals surface area contributed by atoms with Crippen LogP contribution in [0.1, 0.15) is 45.0 Å². The average Bonchev–Trinajstić information content (AvgIpc) is 3.24. The highest BCUT2D eigenvalue weighted by molar-refractivity contribution is 7.14. The van der Waals surface area contributed by atoms with Crippen molar-refractivity contribution in [3.8, 4) is 11.3 Å². The molecule has 0 bridgehead atoms. The van der Waals surface area contributed by atoms with Gasteiger partial charge in [0, 0.05) is 40.9 Å². The first-order valence-corrected chi connectivity index (χ1v) is 9.69. The van der Waals surface area contributed by atoms with Crippen LogP contribution in [0.15, 0.2) is 11.4 Å². The molecule has 0 radical (unpaired) electrons. The number of hydrogen-bond acceptors (Lipinski definition) is 4. The highest BCUT2D eigenvalue weighted by Crippen LogP contribution is 2.31. The summed E-state index contributed by atoms with van der Waals surface area (Å²) in [4.78, 5) is 16.8. The number of carbonyl (C=O) groups excluding carboxylic acids is 1. The molecule has 25 heavy (non-hydrogen) atoms. The van der Waals surface area contributed by atoms with Crippen molar-refractivity contribution in [1.82, 2.24) is 9.55 Å². The third kappa shape index (κ3) is 3.96. The summed E-state index contributed by atoms with van der Waals surface area (Å²) in [7, 11) is 0. The van der Waals surface area contributed by atoms with Crippen LogP contribution in [-0.4, -0.2) is 28.2 Å². The van der Waals surface area contributed by atoms with Gasteiger partial charge in [0.1, 0.15) is 0 Å². The fraction of sp³-hybridized carbons (Fsp3) is 0.579. The topological polar surface area (TPSA) is 56.2 Å². The maximum absolute atomic E-state index is 12.1. The van der Waals surface area contributed by atoms with Gasteiger partial charge in [0.25, 0.3) is 0 Å². The Hall–Kier alpha value is -1.66. The molecule has 136 valence electrons. The summed E-state index contributed by atoms with van der Waals surface area (Å²) >= 11 is 1.47. The zero-order valence-corrected chi connectivity index (χ0v) is 16.5. The van der Waals surface area contributed by atoms with Crippen LogP contribution in [0.5, 0.6) is 0 Å². The molecule has 2 aromatic heterocycles. The molecule has 3 heterocycles. The number of rotatable bonds is 4. The predicted octanol–water partition coefficient (Wildman–Crippen LogP) is 4.39. The Morgan fingerprint density at radius 1 is 1.44 bits per heavy atom. The normalized spacial score (nSPS) is 17.9. The summed E-state index contributed by atoms with van der Waals surface area (Å²) in [5, 5.41) is 5.58. The lowest BCUT2D eigenvalue weighted by Gasteiger charge is -2.16. The number of nitrogens with zero attached hydrogens (tertiary/aromatic N) is 2. The van der Waals surface area contributed by atoms with Gasteiger partial charge in [-0.05, 0) is 32.8 Å². The van der Waals surface area contributed by atoms with Gasteiger partial charge < -0.3 is 14.6 Å². The smallest absolute Gasteiger partial charge is 0.231 e.